The van der Waals surface area contributed by atoms with Gasteiger partial charge in [-0.2, -0.15) is 0 Å². The van der Waals surface area contributed by atoms with Crippen molar-refractivity contribution in [3.8, 4) is 11.5 Å². The highest BCUT2D eigenvalue weighted by Crippen LogP contribution is 2.28. The number of pyridine rings is 1. The minimum Gasteiger partial charge on any atom is -0.493 e. The summed E-state index contributed by atoms with van der Waals surface area (Å²) in [6.07, 6.45) is 3.24. The number of nitrogens with one attached hydrogen (secondary N) is 2. The first-order valence-corrected chi connectivity index (χ1v) is 10.0. The first kappa shape index (κ1) is 21.2. The number of hydrogen-bond donors (Lipinski definition) is 2. The molecule has 0 fully saturated rings. The predicted molar refractivity (Wildman–Crippen MR) is 118 cm³/mol. The Kier molecular flexibility index (Phi) is 7.29. The maximum absolute atomic E-state index is 12.6. The minimum atomic E-state index is -0.270. The summed E-state index contributed by atoms with van der Waals surface area (Å²) in [6.45, 7) is 0. The molecule has 0 atom stereocenters. The van der Waals surface area contributed by atoms with Crippen LogP contribution in [-0.2, 0) is 4.79 Å². The topological polar surface area (TPSA) is 89.5 Å². The number of methoxy groups -OCH3 is 2. The Morgan fingerprint density at radius 2 is 1.67 bits per heavy atom. The van der Waals surface area contributed by atoms with E-state index in [1.165, 1.54) is 26.0 Å². The molecule has 0 spiro atoms. The van der Waals surface area contributed by atoms with Gasteiger partial charge in [-0.25, -0.2) is 0 Å². The average Bonchev–Trinajstić information content (AvgIpc) is 2.78. The van der Waals surface area contributed by atoms with E-state index in [4.69, 9.17) is 9.47 Å². The van der Waals surface area contributed by atoms with E-state index in [-0.39, 0.29) is 17.6 Å². The third-order valence-corrected chi connectivity index (χ3v) is 5.07. The summed E-state index contributed by atoms with van der Waals surface area (Å²) in [5.41, 5.74) is 1.78. The Labute approximate surface area is 178 Å². The van der Waals surface area contributed by atoms with Crippen molar-refractivity contribution < 1.29 is 19.1 Å². The maximum atomic E-state index is 12.6. The molecule has 1 aromatic heterocycles. The number of amides is 2. The minimum absolute atomic E-state index is 0.119. The molecule has 0 unspecified atom stereocenters. The summed E-state index contributed by atoms with van der Waals surface area (Å²) in [4.78, 5) is 29.5. The van der Waals surface area contributed by atoms with E-state index in [1.54, 1.807) is 48.8 Å². The van der Waals surface area contributed by atoms with E-state index in [2.05, 4.69) is 15.6 Å². The van der Waals surface area contributed by atoms with Crippen LogP contribution in [0.25, 0.3) is 0 Å². The zero-order valence-corrected chi connectivity index (χ0v) is 17.4. The highest BCUT2D eigenvalue weighted by atomic mass is 32.2. The second kappa shape index (κ2) is 10.3. The van der Waals surface area contributed by atoms with Crippen molar-refractivity contribution >= 4 is 35.0 Å². The van der Waals surface area contributed by atoms with Gasteiger partial charge in [0, 0.05) is 34.2 Å². The SMILES string of the molecule is COc1ccc(C(=O)Nc2cccc(SCC(=O)Nc3ccncc3)c2)cc1OC. The van der Waals surface area contributed by atoms with Crippen molar-refractivity contribution in [2.45, 2.75) is 4.90 Å². The van der Waals surface area contributed by atoms with E-state index in [9.17, 15) is 9.59 Å². The molecule has 0 saturated carbocycles. The zero-order valence-electron chi connectivity index (χ0n) is 16.5. The Morgan fingerprint density at radius 1 is 0.900 bits per heavy atom. The van der Waals surface area contributed by atoms with Gasteiger partial charge in [0.25, 0.3) is 5.91 Å². The second-order valence-corrected chi connectivity index (χ2v) is 7.17. The first-order chi connectivity index (χ1) is 14.6. The van der Waals surface area contributed by atoms with Gasteiger partial charge >= 0.3 is 0 Å². The largest absolute Gasteiger partial charge is 0.493 e. The Morgan fingerprint density at radius 3 is 2.40 bits per heavy atom. The lowest BCUT2D eigenvalue weighted by molar-refractivity contribution is -0.113. The van der Waals surface area contributed by atoms with Crippen molar-refractivity contribution in [3.63, 3.8) is 0 Å². The van der Waals surface area contributed by atoms with Crippen LogP contribution in [0, 0.1) is 0 Å². The average molecular weight is 423 g/mol. The van der Waals surface area contributed by atoms with Crippen LogP contribution in [0.2, 0.25) is 0 Å². The van der Waals surface area contributed by atoms with Crippen molar-refractivity contribution in [1.82, 2.24) is 4.98 Å². The van der Waals surface area contributed by atoms with Gasteiger partial charge in [-0.1, -0.05) is 6.07 Å². The Bertz CT molecular complexity index is 1030. The summed E-state index contributed by atoms with van der Waals surface area (Å²) in [6, 6.07) is 15.8. The quantitative estimate of drug-likeness (QED) is 0.531. The van der Waals surface area contributed by atoms with E-state index in [0.717, 1.165) is 4.90 Å². The van der Waals surface area contributed by atoms with Gasteiger partial charge < -0.3 is 20.1 Å². The van der Waals surface area contributed by atoms with E-state index < -0.39 is 0 Å². The van der Waals surface area contributed by atoms with Gasteiger partial charge in [-0.15, -0.1) is 11.8 Å². The highest BCUT2D eigenvalue weighted by Gasteiger charge is 2.11. The van der Waals surface area contributed by atoms with E-state index in [0.29, 0.717) is 28.4 Å². The molecule has 0 radical (unpaired) electrons. The molecule has 30 heavy (non-hydrogen) atoms. The molecule has 2 amide bonds. The Balaban J connectivity index is 1.60. The third-order valence-electron chi connectivity index (χ3n) is 4.07. The second-order valence-electron chi connectivity index (χ2n) is 6.12. The van der Waals surface area contributed by atoms with E-state index >= 15 is 0 Å². The number of hydrogen-bond acceptors (Lipinski definition) is 6. The molecule has 2 aromatic carbocycles. The van der Waals surface area contributed by atoms with Crippen LogP contribution in [0.3, 0.4) is 0 Å². The smallest absolute Gasteiger partial charge is 0.255 e. The fraction of sp³-hybridized carbons (Fsp3) is 0.136. The van der Waals surface area contributed by atoms with E-state index in [1.807, 2.05) is 18.2 Å². The number of thioether (sulfide) groups is 1. The molecule has 7 nitrogen and oxygen atoms in total. The van der Waals surface area contributed by atoms with Gasteiger partial charge in [-0.3, -0.25) is 14.6 Å². The fourth-order valence-corrected chi connectivity index (χ4v) is 3.38. The normalized spacial score (nSPS) is 10.2. The molecular formula is C22H21N3O4S. The summed E-state index contributed by atoms with van der Waals surface area (Å²) in [5.74, 6) is 0.890. The van der Waals surface area contributed by atoms with Crippen molar-refractivity contribution in [1.29, 1.82) is 0 Å². The fourth-order valence-electron chi connectivity index (χ4n) is 2.63. The number of carbonyl (C=O) groups excluding carboxylic acids is 2. The van der Waals surface area contributed by atoms with Crippen LogP contribution >= 0.6 is 11.8 Å². The molecule has 3 rings (SSSR count). The van der Waals surface area contributed by atoms with Crippen LogP contribution in [0.5, 0.6) is 11.5 Å². The number of benzene rings is 2. The standard InChI is InChI=1S/C22H21N3O4S/c1-28-19-7-6-15(12-20(19)29-2)22(27)25-17-4-3-5-18(13-17)30-14-21(26)24-16-8-10-23-11-9-16/h3-13H,14H2,1-2H3,(H,25,27)(H,23,24,26). The van der Waals surface area contributed by atoms with Gasteiger partial charge in [0.15, 0.2) is 11.5 Å². The molecule has 1 heterocycles. The predicted octanol–water partition coefficient (Wildman–Crippen LogP) is 4.08. The molecule has 154 valence electrons. The molecule has 0 saturated heterocycles. The molecular weight excluding hydrogens is 402 g/mol. The molecule has 0 aliphatic heterocycles. The van der Waals surface area contributed by atoms with Crippen molar-refractivity contribution in [3.05, 3.63) is 72.6 Å². The lowest BCUT2D eigenvalue weighted by Gasteiger charge is -2.11. The third kappa shape index (κ3) is 5.74. The molecule has 8 heteroatoms. The molecule has 0 bridgehead atoms. The lowest BCUT2D eigenvalue weighted by Crippen LogP contribution is -2.14. The first-order valence-electron chi connectivity index (χ1n) is 9.05. The maximum Gasteiger partial charge on any atom is 0.255 e. The number of rotatable bonds is 8. The lowest BCUT2D eigenvalue weighted by atomic mass is 10.2. The van der Waals surface area contributed by atoms with Crippen LogP contribution < -0.4 is 20.1 Å². The summed E-state index contributed by atoms with van der Waals surface area (Å²) in [5, 5.41) is 5.67. The van der Waals surface area contributed by atoms with Crippen LogP contribution in [0.15, 0.2) is 71.9 Å². The van der Waals surface area contributed by atoms with Gasteiger partial charge in [0.2, 0.25) is 5.91 Å². The molecule has 3 aromatic rings. The molecule has 0 aliphatic carbocycles. The van der Waals surface area contributed by atoms with Crippen LogP contribution in [0.1, 0.15) is 10.4 Å². The number of ether oxygens (including phenoxy) is 2. The number of aromatic nitrogens is 1. The number of anilines is 2. The van der Waals surface area contributed by atoms with Crippen LogP contribution in [0.4, 0.5) is 11.4 Å². The van der Waals surface area contributed by atoms with Gasteiger partial charge in [0.1, 0.15) is 0 Å². The summed E-state index contributed by atoms with van der Waals surface area (Å²) < 4.78 is 10.4. The van der Waals surface area contributed by atoms with Crippen LogP contribution in [-0.4, -0.2) is 36.8 Å². The van der Waals surface area contributed by atoms with Crippen molar-refractivity contribution in [2.75, 3.05) is 30.6 Å². The zero-order chi connectivity index (χ0) is 21.3. The highest BCUT2D eigenvalue weighted by molar-refractivity contribution is 8.00. The summed E-state index contributed by atoms with van der Waals surface area (Å²) >= 11 is 1.38. The molecule has 0 aliphatic rings. The number of carbonyl (C=O) groups is 2. The van der Waals surface area contributed by atoms with Gasteiger partial charge in [0.05, 0.1) is 20.0 Å². The summed E-state index contributed by atoms with van der Waals surface area (Å²) in [7, 11) is 3.06. The monoisotopic (exact) mass is 423 g/mol. The Hall–Kier alpha value is -3.52. The molecule has 2 N–H and O–H groups in total. The van der Waals surface area contributed by atoms with Crippen molar-refractivity contribution in [2.24, 2.45) is 0 Å². The number of nitrogens with zero attached hydrogens (tertiary/aromatic N) is 1. The van der Waals surface area contributed by atoms with Gasteiger partial charge in [-0.05, 0) is 48.5 Å².